The largest absolute Gasteiger partial charge is 0.383 e. The van der Waals surface area contributed by atoms with Gasteiger partial charge in [-0.3, -0.25) is 0 Å². The van der Waals surface area contributed by atoms with Crippen molar-refractivity contribution in [2.75, 3.05) is 12.3 Å². The molecule has 0 spiro atoms. The topological polar surface area (TPSA) is 74.2 Å². The van der Waals surface area contributed by atoms with Gasteiger partial charge in [0.05, 0.1) is 12.1 Å². The molecule has 0 radical (unpaired) electrons. The fraction of sp³-hybridized carbons (Fsp3) is 0.643. The van der Waals surface area contributed by atoms with E-state index >= 15 is 0 Å². The van der Waals surface area contributed by atoms with Gasteiger partial charge in [-0.05, 0) is 30.9 Å². The number of nitrogens with zero attached hydrogens (tertiary/aromatic N) is 1. The molecule has 102 valence electrons. The first-order chi connectivity index (χ1) is 8.29. The SMILES string of the molecule is CCOC(C(N)c1c(C)ccnc1N)C(C)(C)C. The van der Waals surface area contributed by atoms with Crippen LogP contribution in [0.25, 0.3) is 0 Å². The van der Waals surface area contributed by atoms with Gasteiger partial charge in [-0.1, -0.05) is 20.8 Å². The fourth-order valence-corrected chi connectivity index (χ4v) is 2.25. The van der Waals surface area contributed by atoms with E-state index in [1.54, 1.807) is 6.20 Å². The van der Waals surface area contributed by atoms with Gasteiger partial charge >= 0.3 is 0 Å². The van der Waals surface area contributed by atoms with Crippen molar-refractivity contribution in [1.29, 1.82) is 0 Å². The summed E-state index contributed by atoms with van der Waals surface area (Å²) in [6.45, 7) is 11.0. The molecule has 0 amide bonds. The first kappa shape index (κ1) is 14.9. The number of anilines is 1. The minimum Gasteiger partial charge on any atom is -0.383 e. The number of ether oxygens (including phenoxy) is 1. The number of nitrogens with two attached hydrogens (primary N) is 2. The predicted octanol–water partition coefficient (Wildman–Crippen LogP) is 2.42. The summed E-state index contributed by atoms with van der Waals surface area (Å²) in [5.41, 5.74) is 14.2. The van der Waals surface area contributed by atoms with Crippen LogP contribution in [0.1, 0.15) is 44.9 Å². The van der Waals surface area contributed by atoms with Crippen LogP contribution in [0.3, 0.4) is 0 Å². The van der Waals surface area contributed by atoms with Crippen LogP contribution in [0.5, 0.6) is 0 Å². The van der Waals surface area contributed by atoms with Crippen LogP contribution in [-0.4, -0.2) is 17.7 Å². The summed E-state index contributed by atoms with van der Waals surface area (Å²) in [7, 11) is 0. The zero-order valence-corrected chi connectivity index (χ0v) is 12.0. The molecule has 2 atom stereocenters. The van der Waals surface area contributed by atoms with Crippen molar-refractivity contribution in [1.82, 2.24) is 4.98 Å². The number of aryl methyl sites for hydroxylation is 1. The number of rotatable bonds is 4. The quantitative estimate of drug-likeness (QED) is 0.862. The lowest BCUT2D eigenvalue weighted by Gasteiger charge is -2.35. The molecule has 0 aliphatic heterocycles. The van der Waals surface area contributed by atoms with Crippen molar-refractivity contribution < 1.29 is 4.74 Å². The van der Waals surface area contributed by atoms with Gasteiger partial charge in [0.1, 0.15) is 5.82 Å². The van der Waals surface area contributed by atoms with Crippen molar-refractivity contribution in [3.63, 3.8) is 0 Å². The van der Waals surface area contributed by atoms with Crippen LogP contribution in [0.15, 0.2) is 12.3 Å². The molecular weight excluding hydrogens is 226 g/mol. The average molecular weight is 251 g/mol. The molecule has 1 rings (SSSR count). The normalized spacial score (nSPS) is 15.4. The first-order valence-corrected chi connectivity index (χ1v) is 6.37. The van der Waals surface area contributed by atoms with Crippen molar-refractivity contribution in [3.8, 4) is 0 Å². The van der Waals surface area contributed by atoms with E-state index in [0.29, 0.717) is 12.4 Å². The van der Waals surface area contributed by atoms with Crippen LogP contribution >= 0.6 is 0 Å². The molecule has 0 saturated carbocycles. The standard InChI is InChI=1S/C14H25N3O/c1-6-18-12(14(3,4)5)11(15)10-9(2)7-8-17-13(10)16/h7-8,11-12H,6,15H2,1-5H3,(H2,16,17). The molecule has 0 aliphatic rings. The molecule has 4 N–H and O–H groups in total. The van der Waals surface area contributed by atoms with Crippen LogP contribution < -0.4 is 11.5 Å². The fourth-order valence-electron chi connectivity index (χ4n) is 2.25. The third kappa shape index (κ3) is 3.21. The van der Waals surface area contributed by atoms with Crippen LogP contribution in [0.4, 0.5) is 5.82 Å². The Labute approximate surface area is 110 Å². The highest BCUT2D eigenvalue weighted by molar-refractivity contribution is 5.46. The second-order valence-electron chi connectivity index (χ2n) is 5.69. The van der Waals surface area contributed by atoms with Crippen molar-refractivity contribution in [2.24, 2.45) is 11.1 Å². The molecule has 2 unspecified atom stereocenters. The Hall–Kier alpha value is -1.13. The molecule has 0 saturated heterocycles. The van der Waals surface area contributed by atoms with Gasteiger partial charge in [0.25, 0.3) is 0 Å². The average Bonchev–Trinajstić information content (AvgIpc) is 2.23. The summed E-state index contributed by atoms with van der Waals surface area (Å²) in [5.74, 6) is 0.497. The number of pyridine rings is 1. The Bertz CT molecular complexity index is 378. The molecule has 18 heavy (non-hydrogen) atoms. The molecular formula is C14H25N3O. The lowest BCUT2D eigenvalue weighted by molar-refractivity contribution is -0.0283. The van der Waals surface area contributed by atoms with Crippen molar-refractivity contribution >= 4 is 5.82 Å². The third-order valence-corrected chi connectivity index (χ3v) is 3.10. The van der Waals surface area contributed by atoms with Gasteiger partial charge in [0.15, 0.2) is 0 Å². The molecule has 0 bridgehead atoms. The minimum absolute atomic E-state index is 0.0514. The van der Waals surface area contributed by atoms with E-state index in [1.807, 2.05) is 19.9 Å². The van der Waals surface area contributed by atoms with Crippen molar-refractivity contribution in [2.45, 2.75) is 46.8 Å². The Balaban J connectivity index is 3.14. The summed E-state index contributed by atoms with van der Waals surface area (Å²) < 4.78 is 5.82. The van der Waals surface area contributed by atoms with Crippen LogP contribution in [-0.2, 0) is 4.74 Å². The highest BCUT2D eigenvalue weighted by Gasteiger charge is 2.33. The molecule has 0 fully saturated rings. The highest BCUT2D eigenvalue weighted by atomic mass is 16.5. The lowest BCUT2D eigenvalue weighted by atomic mass is 9.81. The van der Waals surface area contributed by atoms with Gasteiger partial charge in [0, 0.05) is 18.4 Å². The monoisotopic (exact) mass is 251 g/mol. The van der Waals surface area contributed by atoms with E-state index in [-0.39, 0.29) is 17.6 Å². The summed E-state index contributed by atoms with van der Waals surface area (Å²) in [4.78, 5) is 4.13. The molecule has 0 aliphatic carbocycles. The predicted molar refractivity (Wildman–Crippen MR) is 75.2 cm³/mol. The first-order valence-electron chi connectivity index (χ1n) is 6.37. The summed E-state index contributed by atoms with van der Waals surface area (Å²) >= 11 is 0. The van der Waals surface area contributed by atoms with E-state index in [0.717, 1.165) is 11.1 Å². The van der Waals surface area contributed by atoms with E-state index in [1.165, 1.54) is 0 Å². The highest BCUT2D eigenvalue weighted by Crippen LogP contribution is 2.34. The Morgan fingerprint density at radius 3 is 2.44 bits per heavy atom. The molecule has 4 nitrogen and oxygen atoms in total. The number of aromatic nitrogens is 1. The van der Waals surface area contributed by atoms with Gasteiger partial charge in [-0.25, -0.2) is 4.98 Å². The number of hydrogen-bond acceptors (Lipinski definition) is 4. The maximum absolute atomic E-state index is 6.37. The minimum atomic E-state index is -0.265. The Morgan fingerprint density at radius 1 is 1.39 bits per heavy atom. The van der Waals surface area contributed by atoms with Crippen molar-refractivity contribution in [3.05, 3.63) is 23.4 Å². The van der Waals surface area contributed by atoms with E-state index in [9.17, 15) is 0 Å². The van der Waals surface area contributed by atoms with Gasteiger partial charge in [0.2, 0.25) is 0 Å². The lowest BCUT2D eigenvalue weighted by Crippen LogP contribution is -2.40. The molecule has 1 aromatic rings. The van der Waals surface area contributed by atoms with Crippen LogP contribution in [0.2, 0.25) is 0 Å². The van der Waals surface area contributed by atoms with E-state index < -0.39 is 0 Å². The smallest absolute Gasteiger partial charge is 0.128 e. The third-order valence-electron chi connectivity index (χ3n) is 3.10. The zero-order chi connectivity index (χ0) is 13.9. The van der Waals surface area contributed by atoms with E-state index in [4.69, 9.17) is 16.2 Å². The van der Waals surface area contributed by atoms with Gasteiger partial charge in [-0.2, -0.15) is 0 Å². The molecule has 0 aromatic carbocycles. The second kappa shape index (κ2) is 5.67. The maximum Gasteiger partial charge on any atom is 0.128 e. The summed E-state index contributed by atoms with van der Waals surface area (Å²) in [5, 5.41) is 0. The molecule has 4 heteroatoms. The molecule has 1 heterocycles. The molecule has 1 aromatic heterocycles. The van der Waals surface area contributed by atoms with Gasteiger partial charge in [-0.15, -0.1) is 0 Å². The maximum atomic E-state index is 6.37. The Kier molecular flexibility index (Phi) is 4.71. The van der Waals surface area contributed by atoms with Gasteiger partial charge < -0.3 is 16.2 Å². The summed E-state index contributed by atoms with van der Waals surface area (Å²) in [6.07, 6.45) is 1.61. The Morgan fingerprint density at radius 2 is 2.00 bits per heavy atom. The number of nitrogen functional groups attached to an aromatic ring is 1. The zero-order valence-electron chi connectivity index (χ0n) is 12.0. The van der Waals surface area contributed by atoms with E-state index in [2.05, 4.69) is 25.8 Å². The second-order valence-corrected chi connectivity index (χ2v) is 5.69. The van der Waals surface area contributed by atoms with Crippen LogP contribution in [0, 0.1) is 12.3 Å². The summed E-state index contributed by atoms with van der Waals surface area (Å²) in [6, 6.07) is 1.66. The number of hydrogen-bond donors (Lipinski definition) is 2.